The van der Waals surface area contributed by atoms with Crippen LogP contribution in [0.1, 0.15) is 11.1 Å². The molecule has 0 spiro atoms. The number of carbonyl (C=O) groups excluding carboxylic acids is 2. The highest BCUT2D eigenvalue weighted by Gasteiger charge is 2.28. The number of hydrogen-bond acceptors (Lipinski definition) is 12. The minimum atomic E-state index is -0.804. The molecule has 4 aromatic heterocycles. The van der Waals surface area contributed by atoms with Crippen molar-refractivity contribution in [3.8, 4) is 0 Å². The Balaban J connectivity index is 1.19. The topological polar surface area (TPSA) is 155 Å². The van der Waals surface area contributed by atoms with Gasteiger partial charge in [0.1, 0.15) is 24.8 Å². The zero-order chi connectivity index (χ0) is 39.7. The minimum Gasteiger partial charge on any atom is -0.444 e. The van der Waals surface area contributed by atoms with Crippen molar-refractivity contribution < 1.29 is 19.1 Å². The van der Waals surface area contributed by atoms with Crippen LogP contribution in [0.5, 0.6) is 0 Å². The Bertz CT molecular complexity index is 3310. The number of rotatable bonds is 6. The van der Waals surface area contributed by atoms with Crippen LogP contribution < -0.4 is 32.4 Å². The number of benzene rings is 4. The van der Waals surface area contributed by atoms with E-state index in [-0.39, 0.29) is 57.1 Å². The summed E-state index contributed by atoms with van der Waals surface area (Å²) in [6.07, 6.45) is -1.61. The first-order valence-corrected chi connectivity index (χ1v) is 19.5. The highest BCUT2D eigenvalue weighted by molar-refractivity contribution is 7.36. The van der Waals surface area contributed by atoms with Crippen molar-refractivity contribution in [1.29, 1.82) is 0 Å². The second kappa shape index (κ2) is 13.7. The summed E-state index contributed by atoms with van der Waals surface area (Å²) in [6, 6.07) is 34.3. The Hall–Kier alpha value is -7.42. The van der Waals surface area contributed by atoms with Gasteiger partial charge in [-0.3, -0.25) is 19.2 Å². The summed E-state index contributed by atoms with van der Waals surface area (Å²) >= 11 is 2.47. The van der Waals surface area contributed by atoms with Crippen LogP contribution in [-0.2, 0) is 22.7 Å². The van der Waals surface area contributed by atoms with Gasteiger partial charge >= 0.3 is 12.2 Å². The Labute approximate surface area is 332 Å². The lowest BCUT2D eigenvalue weighted by Crippen LogP contribution is -2.31. The zero-order valence-electron chi connectivity index (χ0n) is 29.8. The second-order valence-corrected chi connectivity index (χ2v) is 15.5. The summed E-state index contributed by atoms with van der Waals surface area (Å²) in [7, 11) is 0. The number of ether oxygens (including phenoxy) is 2. The maximum Gasteiger partial charge on any atom is 0.420 e. The molecule has 58 heavy (non-hydrogen) atoms. The Morgan fingerprint density at radius 3 is 1.16 bits per heavy atom. The van der Waals surface area contributed by atoms with Gasteiger partial charge in [-0.2, -0.15) is 0 Å². The van der Waals surface area contributed by atoms with E-state index in [0.717, 1.165) is 11.1 Å². The van der Waals surface area contributed by atoms with E-state index >= 15 is 0 Å². The van der Waals surface area contributed by atoms with Crippen molar-refractivity contribution in [1.82, 2.24) is 9.13 Å². The molecule has 0 aliphatic carbocycles. The molecule has 280 valence electrons. The lowest BCUT2D eigenvalue weighted by molar-refractivity contribution is 0.142. The fourth-order valence-corrected chi connectivity index (χ4v) is 9.87. The van der Waals surface area contributed by atoms with Crippen LogP contribution in [0.3, 0.4) is 0 Å². The van der Waals surface area contributed by atoms with Crippen molar-refractivity contribution >= 4 is 97.9 Å². The van der Waals surface area contributed by atoms with E-state index in [0.29, 0.717) is 29.8 Å². The van der Waals surface area contributed by atoms with Gasteiger partial charge in [0, 0.05) is 33.7 Å². The Kier molecular flexibility index (Phi) is 8.24. The minimum absolute atomic E-state index is 0.0128. The molecule has 4 heterocycles. The van der Waals surface area contributed by atoms with E-state index in [1.165, 1.54) is 31.8 Å². The molecule has 0 amide bonds. The van der Waals surface area contributed by atoms with Crippen molar-refractivity contribution in [2.45, 2.75) is 13.2 Å². The van der Waals surface area contributed by atoms with Crippen LogP contribution in [0, 0.1) is 0 Å². The fourth-order valence-electron chi connectivity index (χ4n) is 7.17. The van der Waals surface area contributed by atoms with E-state index < -0.39 is 33.9 Å². The molecular formula is C44H24N4O8S2. The van der Waals surface area contributed by atoms with Gasteiger partial charge in [-0.1, -0.05) is 109 Å². The summed E-state index contributed by atoms with van der Waals surface area (Å²) in [6.45, 7) is -0.136. The van der Waals surface area contributed by atoms with Gasteiger partial charge in [0.15, 0.2) is 10.7 Å². The predicted octanol–water partition coefficient (Wildman–Crippen LogP) is 7.21. The molecule has 0 atom stereocenters. The number of aromatic nitrogens is 2. The molecule has 0 aliphatic rings. The molecule has 0 saturated heterocycles. The monoisotopic (exact) mass is 800 g/mol. The smallest absolute Gasteiger partial charge is 0.420 e. The number of hydrogen-bond donors (Lipinski definition) is 0. The third-order valence-corrected chi connectivity index (χ3v) is 12.3. The molecule has 12 nitrogen and oxygen atoms in total. The lowest BCUT2D eigenvalue weighted by atomic mass is 10.2. The molecule has 0 unspecified atom stereocenters. The normalized spacial score (nSPS) is 11.7. The second-order valence-electron chi connectivity index (χ2n) is 13.4. The largest absolute Gasteiger partial charge is 0.444 e. The van der Waals surface area contributed by atoms with Gasteiger partial charge in [0.2, 0.25) is 21.7 Å². The molecule has 10 rings (SSSR count). The van der Waals surface area contributed by atoms with E-state index in [2.05, 4.69) is 9.98 Å². The highest BCUT2D eigenvalue weighted by atomic mass is 32.1. The van der Waals surface area contributed by atoms with E-state index in [1.54, 1.807) is 60.7 Å². The molecule has 0 fully saturated rings. The van der Waals surface area contributed by atoms with Crippen LogP contribution >= 0.6 is 22.7 Å². The quantitative estimate of drug-likeness (QED) is 0.171. The van der Waals surface area contributed by atoms with E-state index in [1.807, 2.05) is 60.7 Å². The van der Waals surface area contributed by atoms with Gasteiger partial charge in [0.05, 0.1) is 29.8 Å². The summed E-state index contributed by atoms with van der Waals surface area (Å²) in [5, 5.41) is 0.252. The first-order valence-electron chi connectivity index (χ1n) is 17.9. The highest BCUT2D eigenvalue weighted by Crippen LogP contribution is 2.48. The Morgan fingerprint density at radius 2 is 0.810 bits per heavy atom. The Morgan fingerprint density at radius 1 is 0.483 bits per heavy atom. The van der Waals surface area contributed by atoms with Crippen LogP contribution in [0.15, 0.2) is 150 Å². The van der Waals surface area contributed by atoms with Gasteiger partial charge in [-0.15, -0.1) is 22.7 Å². The average Bonchev–Trinajstić information content (AvgIpc) is 4.06. The summed E-state index contributed by atoms with van der Waals surface area (Å²) in [5.41, 5.74) is 0.0370. The molecule has 10 aromatic rings. The molecular weight excluding hydrogens is 777 g/mol. The van der Waals surface area contributed by atoms with E-state index in [4.69, 9.17) is 9.47 Å². The van der Waals surface area contributed by atoms with Gasteiger partial charge in [0.25, 0.3) is 0 Å². The third kappa shape index (κ3) is 5.56. The third-order valence-electron chi connectivity index (χ3n) is 9.87. The van der Waals surface area contributed by atoms with Gasteiger partial charge < -0.3 is 9.47 Å². The zero-order valence-corrected chi connectivity index (χ0v) is 31.5. The van der Waals surface area contributed by atoms with E-state index in [9.17, 15) is 28.8 Å². The molecule has 0 N–H and O–H groups in total. The van der Waals surface area contributed by atoms with Crippen molar-refractivity contribution in [2.24, 2.45) is 9.98 Å². The summed E-state index contributed by atoms with van der Waals surface area (Å²) in [4.78, 5) is 90.8. The summed E-state index contributed by atoms with van der Waals surface area (Å²) < 4.78 is 16.3. The predicted molar refractivity (Wildman–Crippen MR) is 223 cm³/mol. The van der Waals surface area contributed by atoms with Crippen LogP contribution in [0.25, 0.3) is 51.4 Å². The molecule has 6 aromatic carbocycles. The maximum atomic E-state index is 14.1. The number of carbonyl (C=O) groups is 2. The first kappa shape index (κ1) is 35.0. The van der Waals surface area contributed by atoms with Crippen LogP contribution in [0.2, 0.25) is 0 Å². The summed E-state index contributed by atoms with van der Waals surface area (Å²) in [5.74, 6) is 0.0257. The number of fused-ring (bicyclic) bond motifs is 7. The SMILES string of the molecule is O=C(OCc1ccccc1)n1c(N=c2c(=O)c3ccccc3c2=O)cc2sc3c(sc4cc(N=c5c(=O)c6ccccc6c5=O)n(C(=O)OCc5ccccc5)c43)c21. The van der Waals surface area contributed by atoms with Crippen molar-refractivity contribution in [3.63, 3.8) is 0 Å². The number of thiophene rings is 2. The van der Waals surface area contributed by atoms with Crippen molar-refractivity contribution in [3.05, 3.63) is 184 Å². The lowest BCUT2D eigenvalue weighted by Gasteiger charge is -2.08. The van der Waals surface area contributed by atoms with Gasteiger partial charge in [-0.25, -0.2) is 28.7 Å². The molecule has 14 heteroatoms. The molecule has 0 radical (unpaired) electrons. The van der Waals surface area contributed by atoms with Gasteiger partial charge in [-0.05, 0) is 11.1 Å². The van der Waals surface area contributed by atoms with Crippen LogP contribution in [0.4, 0.5) is 21.2 Å². The average molecular weight is 801 g/mol. The van der Waals surface area contributed by atoms with Crippen molar-refractivity contribution in [2.75, 3.05) is 0 Å². The molecule has 0 aliphatic heterocycles. The molecule has 0 bridgehead atoms. The number of nitrogens with zero attached hydrogens (tertiary/aromatic N) is 4. The van der Waals surface area contributed by atoms with Crippen LogP contribution in [-0.4, -0.2) is 21.3 Å². The molecule has 0 saturated carbocycles. The first-order chi connectivity index (χ1) is 28.3. The maximum absolute atomic E-state index is 14.1. The standard InChI is InChI=1S/C44H24N4O8S2/c49-37-25-15-7-8-16-26(25)38(50)33(37)45-31-19-29-35(47(31)43(53)55-21-23-11-3-1-4-12-23)41-42(57-29)36-30(58-41)20-32(48(36)44(54)56-22-24-13-5-2-6-14-24)46-34-39(51)27-17-9-10-18-28(27)40(34)52/h1-20H,21-22H2. The fraction of sp³-hybridized carbons (Fsp3) is 0.0455.